The zero-order chi connectivity index (χ0) is 16.2. The average Bonchev–Trinajstić information content (AvgIpc) is 3.14. The lowest BCUT2D eigenvalue weighted by molar-refractivity contribution is 0.0937. The van der Waals surface area contributed by atoms with Gasteiger partial charge in [-0.25, -0.2) is 0 Å². The SMILES string of the molecule is c1ccc(-c2noc(C3CCCCN3CC3CCCNC3)n2)cc1. The second kappa shape index (κ2) is 7.45. The van der Waals surface area contributed by atoms with Crippen LogP contribution in [0, 0.1) is 5.92 Å². The molecule has 2 aliphatic heterocycles. The van der Waals surface area contributed by atoms with Crippen LogP contribution in [0.4, 0.5) is 0 Å². The molecule has 1 N–H and O–H groups in total. The first-order valence-corrected chi connectivity index (χ1v) is 9.24. The highest BCUT2D eigenvalue weighted by atomic mass is 16.5. The van der Waals surface area contributed by atoms with Crippen LogP contribution < -0.4 is 5.32 Å². The Balaban J connectivity index is 1.49. The predicted octanol–water partition coefficient (Wildman–Crippen LogP) is 3.26. The fraction of sp³-hybridized carbons (Fsp3) is 0.579. The number of hydrogen-bond donors (Lipinski definition) is 1. The van der Waals surface area contributed by atoms with Gasteiger partial charge in [0, 0.05) is 12.1 Å². The van der Waals surface area contributed by atoms with E-state index in [1.165, 1.54) is 32.2 Å². The maximum atomic E-state index is 5.66. The molecule has 2 saturated heterocycles. The van der Waals surface area contributed by atoms with Crippen molar-refractivity contribution >= 4 is 0 Å². The molecule has 1 aromatic carbocycles. The molecule has 0 aliphatic carbocycles. The molecule has 2 aromatic rings. The Kier molecular flexibility index (Phi) is 4.90. The van der Waals surface area contributed by atoms with E-state index < -0.39 is 0 Å². The number of rotatable bonds is 4. The molecule has 0 amide bonds. The summed E-state index contributed by atoms with van der Waals surface area (Å²) in [6, 6.07) is 10.4. The molecule has 128 valence electrons. The Labute approximate surface area is 143 Å². The highest BCUT2D eigenvalue weighted by Gasteiger charge is 2.30. The highest BCUT2D eigenvalue weighted by molar-refractivity contribution is 5.53. The quantitative estimate of drug-likeness (QED) is 0.934. The van der Waals surface area contributed by atoms with Crippen LogP contribution >= 0.6 is 0 Å². The number of benzene rings is 1. The molecular weight excluding hydrogens is 300 g/mol. The van der Waals surface area contributed by atoms with Crippen molar-refractivity contribution in [2.75, 3.05) is 26.2 Å². The topological polar surface area (TPSA) is 54.2 Å². The Bertz CT molecular complexity index is 636. The van der Waals surface area contributed by atoms with E-state index in [0.717, 1.165) is 43.4 Å². The van der Waals surface area contributed by atoms with E-state index in [1.54, 1.807) is 0 Å². The molecule has 1 aromatic heterocycles. The number of piperidine rings is 2. The third-order valence-corrected chi connectivity index (χ3v) is 5.26. The summed E-state index contributed by atoms with van der Waals surface area (Å²) in [6.07, 6.45) is 6.26. The Morgan fingerprint density at radius 3 is 2.88 bits per heavy atom. The summed E-state index contributed by atoms with van der Waals surface area (Å²) in [5.74, 6) is 2.24. The monoisotopic (exact) mass is 326 g/mol. The molecule has 2 unspecified atom stereocenters. The molecule has 4 rings (SSSR count). The van der Waals surface area contributed by atoms with E-state index in [0.29, 0.717) is 5.82 Å². The number of hydrogen-bond acceptors (Lipinski definition) is 5. The Morgan fingerprint density at radius 1 is 1.12 bits per heavy atom. The molecule has 24 heavy (non-hydrogen) atoms. The van der Waals surface area contributed by atoms with E-state index in [-0.39, 0.29) is 6.04 Å². The minimum Gasteiger partial charge on any atom is -0.337 e. The maximum Gasteiger partial charge on any atom is 0.244 e. The van der Waals surface area contributed by atoms with Crippen molar-refractivity contribution in [3.05, 3.63) is 36.2 Å². The van der Waals surface area contributed by atoms with Crippen molar-refractivity contribution in [2.24, 2.45) is 5.92 Å². The molecule has 0 radical (unpaired) electrons. The summed E-state index contributed by atoms with van der Waals surface area (Å²) in [5.41, 5.74) is 1.02. The summed E-state index contributed by atoms with van der Waals surface area (Å²) < 4.78 is 5.66. The van der Waals surface area contributed by atoms with Crippen molar-refractivity contribution in [3.8, 4) is 11.4 Å². The highest BCUT2D eigenvalue weighted by Crippen LogP contribution is 2.32. The number of likely N-dealkylation sites (tertiary alicyclic amines) is 1. The zero-order valence-electron chi connectivity index (χ0n) is 14.2. The molecule has 0 spiro atoms. The minimum atomic E-state index is 0.283. The zero-order valence-corrected chi connectivity index (χ0v) is 14.2. The molecule has 5 nitrogen and oxygen atoms in total. The van der Waals surface area contributed by atoms with E-state index in [4.69, 9.17) is 9.51 Å². The molecular formula is C19H26N4O. The molecule has 2 atom stereocenters. The van der Waals surface area contributed by atoms with E-state index in [2.05, 4.69) is 15.4 Å². The van der Waals surface area contributed by atoms with Gasteiger partial charge in [0.2, 0.25) is 11.7 Å². The van der Waals surface area contributed by atoms with Crippen molar-refractivity contribution in [1.82, 2.24) is 20.4 Å². The predicted molar refractivity (Wildman–Crippen MR) is 93.5 cm³/mol. The second-order valence-electron chi connectivity index (χ2n) is 7.04. The van der Waals surface area contributed by atoms with Crippen LogP contribution in [0.5, 0.6) is 0 Å². The molecule has 5 heteroatoms. The average molecular weight is 326 g/mol. The largest absolute Gasteiger partial charge is 0.337 e. The molecule has 3 heterocycles. The molecule has 0 bridgehead atoms. The first-order valence-electron chi connectivity index (χ1n) is 9.24. The van der Waals surface area contributed by atoms with E-state index in [9.17, 15) is 0 Å². The van der Waals surface area contributed by atoms with Crippen molar-refractivity contribution < 1.29 is 4.52 Å². The van der Waals surface area contributed by atoms with Crippen LogP contribution in [0.2, 0.25) is 0 Å². The van der Waals surface area contributed by atoms with Gasteiger partial charge in [-0.1, -0.05) is 41.9 Å². The van der Waals surface area contributed by atoms with Gasteiger partial charge >= 0.3 is 0 Å². The van der Waals surface area contributed by atoms with Crippen molar-refractivity contribution in [3.63, 3.8) is 0 Å². The van der Waals surface area contributed by atoms with Gasteiger partial charge in [-0.15, -0.1) is 0 Å². The lowest BCUT2D eigenvalue weighted by Gasteiger charge is -2.37. The van der Waals surface area contributed by atoms with Gasteiger partial charge < -0.3 is 9.84 Å². The Morgan fingerprint density at radius 2 is 2.04 bits per heavy atom. The summed E-state index contributed by atoms with van der Waals surface area (Å²) in [7, 11) is 0. The van der Waals surface area contributed by atoms with Gasteiger partial charge in [-0.3, -0.25) is 4.90 Å². The van der Waals surface area contributed by atoms with Gasteiger partial charge in [0.05, 0.1) is 6.04 Å². The van der Waals surface area contributed by atoms with Crippen LogP contribution in [0.15, 0.2) is 34.9 Å². The normalized spacial score (nSPS) is 25.7. The Hall–Kier alpha value is -1.72. The van der Waals surface area contributed by atoms with Crippen molar-refractivity contribution in [1.29, 1.82) is 0 Å². The molecule has 2 aliphatic rings. The first kappa shape index (κ1) is 15.8. The number of aromatic nitrogens is 2. The van der Waals surface area contributed by atoms with Gasteiger partial charge in [0.15, 0.2) is 0 Å². The van der Waals surface area contributed by atoms with Crippen LogP contribution in [0.1, 0.15) is 44.0 Å². The summed E-state index contributed by atoms with van der Waals surface area (Å²) >= 11 is 0. The third kappa shape index (κ3) is 3.52. The van der Waals surface area contributed by atoms with Crippen LogP contribution in [0.25, 0.3) is 11.4 Å². The van der Waals surface area contributed by atoms with Gasteiger partial charge in [-0.05, 0) is 51.2 Å². The summed E-state index contributed by atoms with van der Waals surface area (Å²) in [5, 5.41) is 7.74. The second-order valence-corrected chi connectivity index (χ2v) is 7.04. The fourth-order valence-corrected chi connectivity index (χ4v) is 3.98. The maximum absolute atomic E-state index is 5.66. The standard InChI is InChI=1S/C19H26N4O/c1-2-8-16(9-3-1)18-21-19(24-22-18)17-10-4-5-12-23(17)14-15-7-6-11-20-13-15/h1-3,8-9,15,17,20H,4-7,10-14H2. The lowest BCUT2D eigenvalue weighted by atomic mass is 9.95. The van der Waals surface area contributed by atoms with E-state index >= 15 is 0 Å². The van der Waals surface area contributed by atoms with Crippen LogP contribution in [0.3, 0.4) is 0 Å². The van der Waals surface area contributed by atoms with Crippen LogP contribution in [-0.2, 0) is 0 Å². The first-order chi connectivity index (χ1) is 11.9. The van der Waals surface area contributed by atoms with Crippen LogP contribution in [-0.4, -0.2) is 41.2 Å². The summed E-state index contributed by atoms with van der Waals surface area (Å²) in [6.45, 7) is 4.59. The summed E-state index contributed by atoms with van der Waals surface area (Å²) in [4.78, 5) is 7.29. The molecule has 0 saturated carbocycles. The third-order valence-electron chi connectivity index (χ3n) is 5.26. The van der Waals surface area contributed by atoms with Gasteiger partial charge in [0.1, 0.15) is 0 Å². The van der Waals surface area contributed by atoms with Gasteiger partial charge in [-0.2, -0.15) is 4.98 Å². The smallest absolute Gasteiger partial charge is 0.244 e. The minimum absolute atomic E-state index is 0.283. The fourth-order valence-electron chi connectivity index (χ4n) is 3.98. The van der Waals surface area contributed by atoms with Gasteiger partial charge in [0.25, 0.3) is 0 Å². The van der Waals surface area contributed by atoms with Crippen molar-refractivity contribution in [2.45, 2.75) is 38.1 Å². The molecule has 2 fully saturated rings. The lowest BCUT2D eigenvalue weighted by Crippen LogP contribution is -2.41. The number of nitrogens with one attached hydrogen (secondary N) is 1. The van der Waals surface area contributed by atoms with E-state index in [1.807, 2.05) is 30.3 Å². The number of nitrogens with zero attached hydrogens (tertiary/aromatic N) is 3.